The molecule has 2 amide bonds. The van der Waals surface area contributed by atoms with Gasteiger partial charge in [-0.05, 0) is 34.1 Å². The first kappa shape index (κ1) is 16.0. The minimum atomic E-state index is -0.501. The Labute approximate surface area is 145 Å². The van der Waals surface area contributed by atoms with E-state index in [0.29, 0.717) is 22.7 Å². The van der Waals surface area contributed by atoms with Crippen molar-refractivity contribution in [1.29, 1.82) is 0 Å². The van der Waals surface area contributed by atoms with E-state index in [9.17, 15) is 9.59 Å². The molecule has 0 unspecified atom stereocenters. The molecule has 0 radical (unpaired) electrons. The van der Waals surface area contributed by atoms with Gasteiger partial charge in [0.05, 0.1) is 0 Å². The number of para-hydroxylation sites is 2. The van der Waals surface area contributed by atoms with E-state index in [-0.39, 0.29) is 0 Å². The number of carbonyl (C=O) groups excluding carboxylic acids is 2. The highest BCUT2D eigenvalue weighted by atomic mass is 79.9. The van der Waals surface area contributed by atoms with Gasteiger partial charge >= 0.3 is 0 Å². The predicted molar refractivity (Wildman–Crippen MR) is 91.8 cm³/mol. The summed E-state index contributed by atoms with van der Waals surface area (Å²) in [5.74, 6) is -0.616. The third kappa shape index (κ3) is 3.54. The Morgan fingerprint density at radius 1 is 1.29 bits per heavy atom. The highest BCUT2D eigenvalue weighted by Crippen LogP contribution is 2.15. The summed E-state index contributed by atoms with van der Waals surface area (Å²) in [7, 11) is 1.73. The number of nitrogens with zero attached hydrogens (tertiary/aromatic N) is 2. The third-order valence-electron chi connectivity index (χ3n) is 3.19. The van der Waals surface area contributed by atoms with Gasteiger partial charge in [-0.25, -0.2) is 4.98 Å². The minimum absolute atomic E-state index is 0.309. The summed E-state index contributed by atoms with van der Waals surface area (Å²) in [6.45, 7) is 0. The molecule has 24 heavy (non-hydrogen) atoms. The van der Waals surface area contributed by atoms with Crippen LogP contribution in [0.4, 0.5) is 0 Å². The van der Waals surface area contributed by atoms with Crippen molar-refractivity contribution in [2.45, 2.75) is 0 Å². The Hall–Kier alpha value is -2.87. The van der Waals surface area contributed by atoms with Crippen LogP contribution >= 0.6 is 15.9 Å². The van der Waals surface area contributed by atoms with E-state index in [0.717, 1.165) is 4.47 Å². The van der Waals surface area contributed by atoms with Crippen LogP contribution in [0.15, 0.2) is 51.5 Å². The topological polar surface area (TPSA) is 89.2 Å². The number of hydrogen-bond acceptors (Lipinski definition) is 4. The molecule has 0 spiro atoms. The van der Waals surface area contributed by atoms with Crippen LogP contribution in [0.1, 0.15) is 16.4 Å². The van der Waals surface area contributed by atoms with Crippen LogP contribution in [-0.2, 0) is 11.8 Å². The Morgan fingerprint density at radius 3 is 2.79 bits per heavy atom. The van der Waals surface area contributed by atoms with E-state index in [1.165, 1.54) is 12.2 Å². The van der Waals surface area contributed by atoms with Crippen LogP contribution in [-0.4, -0.2) is 21.4 Å². The van der Waals surface area contributed by atoms with Crippen molar-refractivity contribution in [2.24, 2.45) is 7.05 Å². The van der Waals surface area contributed by atoms with Crippen molar-refractivity contribution in [3.05, 3.63) is 58.7 Å². The second-order valence-electron chi connectivity index (χ2n) is 4.95. The lowest BCUT2D eigenvalue weighted by molar-refractivity contribution is -0.117. The molecule has 3 rings (SSSR count). The van der Waals surface area contributed by atoms with Crippen LogP contribution in [0.2, 0.25) is 0 Å². The zero-order valence-corrected chi connectivity index (χ0v) is 14.2. The lowest BCUT2D eigenvalue weighted by atomic mass is 10.3. The largest absolute Gasteiger partial charge is 0.437 e. The molecule has 2 N–H and O–H groups in total. The highest BCUT2D eigenvalue weighted by Gasteiger charge is 2.11. The first-order valence-electron chi connectivity index (χ1n) is 6.99. The molecule has 0 saturated heterocycles. The number of nitrogens with one attached hydrogen (secondary N) is 2. The van der Waals surface area contributed by atoms with Crippen LogP contribution in [0, 0.1) is 0 Å². The van der Waals surface area contributed by atoms with E-state index in [4.69, 9.17) is 4.42 Å². The SMILES string of the molecule is Cn1cc(Br)cc1C(=O)NNC(=O)C=Cc1nc2ccccc2o1. The summed E-state index contributed by atoms with van der Waals surface area (Å²) in [6.07, 6.45) is 4.40. The molecule has 3 aromatic rings. The zero-order valence-electron chi connectivity index (χ0n) is 12.6. The van der Waals surface area contributed by atoms with Crippen LogP contribution in [0.3, 0.4) is 0 Å². The van der Waals surface area contributed by atoms with E-state index in [1.807, 2.05) is 18.2 Å². The van der Waals surface area contributed by atoms with Crippen molar-refractivity contribution >= 4 is 44.9 Å². The molecule has 2 heterocycles. The van der Waals surface area contributed by atoms with Gasteiger partial charge < -0.3 is 8.98 Å². The van der Waals surface area contributed by atoms with Gasteiger partial charge in [-0.1, -0.05) is 12.1 Å². The van der Waals surface area contributed by atoms with E-state index < -0.39 is 11.8 Å². The fourth-order valence-corrected chi connectivity index (χ4v) is 2.61. The number of carbonyl (C=O) groups is 2. The normalized spacial score (nSPS) is 11.1. The maximum absolute atomic E-state index is 12.0. The Morgan fingerprint density at radius 2 is 2.08 bits per heavy atom. The molecule has 0 aliphatic rings. The summed E-state index contributed by atoms with van der Waals surface area (Å²) in [5, 5.41) is 0. The molecule has 0 aliphatic carbocycles. The fourth-order valence-electron chi connectivity index (χ4n) is 2.08. The van der Waals surface area contributed by atoms with Crippen LogP contribution in [0.5, 0.6) is 0 Å². The van der Waals surface area contributed by atoms with Gasteiger partial charge in [0.2, 0.25) is 5.89 Å². The summed E-state index contributed by atoms with van der Waals surface area (Å²) in [5.41, 5.74) is 6.39. The third-order valence-corrected chi connectivity index (χ3v) is 3.62. The standard InChI is InChI=1S/C16H13BrN4O3/c1-21-9-10(17)8-12(21)16(23)20-19-14(22)6-7-15-18-11-4-2-3-5-13(11)24-15/h2-9H,1H3,(H,19,22)(H,20,23). The van der Waals surface area contributed by atoms with Gasteiger partial charge in [0, 0.05) is 29.9 Å². The molecular weight excluding hydrogens is 376 g/mol. The highest BCUT2D eigenvalue weighted by molar-refractivity contribution is 9.10. The number of hydrazine groups is 1. The number of benzene rings is 1. The maximum atomic E-state index is 12.0. The smallest absolute Gasteiger partial charge is 0.286 e. The monoisotopic (exact) mass is 388 g/mol. The van der Waals surface area contributed by atoms with Crippen molar-refractivity contribution < 1.29 is 14.0 Å². The molecule has 7 nitrogen and oxygen atoms in total. The van der Waals surface area contributed by atoms with Crippen molar-refractivity contribution in [2.75, 3.05) is 0 Å². The van der Waals surface area contributed by atoms with Crippen molar-refractivity contribution in [1.82, 2.24) is 20.4 Å². The molecule has 2 aromatic heterocycles. The van der Waals surface area contributed by atoms with E-state index >= 15 is 0 Å². The molecule has 0 fully saturated rings. The predicted octanol–water partition coefficient (Wildman–Crippen LogP) is 2.40. The lowest BCUT2D eigenvalue weighted by Crippen LogP contribution is -2.41. The zero-order chi connectivity index (χ0) is 17.1. The number of halogens is 1. The molecular formula is C16H13BrN4O3. The maximum Gasteiger partial charge on any atom is 0.286 e. The lowest BCUT2D eigenvalue weighted by Gasteiger charge is -2.05. The first-order chi connectivity index (χ1) is 11.5. The number of aryl methyl sites for hydroxylation is 1. The molecule has 122 valence electrons. The number of amides is 2. The quantitative estimate of drug-likeness (QED) is 0.532. The fraction of sp³-hybridized carbons (Fsp3) is 0.0625. The molecule has 1 aromatic carbocycles. The molecule has 8 heteroatoms. The molecule has 0 atom stereocenters. The average Bonchev–Trinajstić information content (AvgIpc) is 3.12. The van der Waals surface area contributed by atoms with Gasteiger partial charge in [0.15, 0.2) is 5.58 Å². The average molecular weight is 389 g/mol. The van der Waals surface area contributed by atoms with Crippen molar-refractivity contribution in [3.63, 3.8) is 0 Å². The Balaban J connectivity index is 1.59. The van der Waals surface area contributed by atoms with Gasteiger partial charge in [-0.15, -0.1) is 0 Å². The number of oxazole rings is 1. The van der Waals surface area contributed by atoms with Crippen molar-refractivity contribution in [3.8, 4) is 0 Å². The Kier molecular flexibility index (Phi) is 4.48. The van der Waals surface area contributed by atoms with E-state index in [2.05, 4.69) is 31.8 Å². The second kappa shape index (κ2) is 6.71. The summed E-state index contributed by atoms with van der Waals surface area (Å²) < 4.78 is 7.87. The van der Waals surface area contributed by atoms with Gasteiger partial charge in [0.1, 0.15) is 11.2 Å². The van der Waals surface area contributed by atoms with Crippen LogP contribution in [0.25, 0.3) is 17.2 Å². The Bertz CT molecular complexity index is 909. The van der Waals surface area contributed by atoms with Gasteiger partial charge in [-0.2, -0.15) is 0 Å². The number of hydrogen-bond donors (Lipinski definition) is 2. The van der Waals surface area contributed by atoms with Gasteiger partial charge in [-0.3, -0.25) is 20.4 Å². The number of fused-ring (bicyclic) bond motifs is 1. The molecule has 0 aliphatic heterocycles. The van der Waals surface area contributed by atoms with Crippen LogP contribution < -0.4 is 10.9 Å². The number of aromatic nitrogens is 2. The number of rotatable bonds is 3. The van der Waals surface area contributed by atoms with E-state index in [1.54, 1.807) is 29.9 Å². The molecule has 0 bridgehead atoms. The molecule has 0 saturated carbocycles. The first-order valence-corrected chi connectivity index (χ1v) is 7.78. The second-order valence-corrected chi connectivity index (χ2v) is 5.87. The van der Waals surface area contributed by atoms with Gasteiger partial charge in [0.25, 0.3) is 11.8 Å². The summed E-state index contributed by atoms with van der Waals surface area (Å²) >= 11 is 3.28. The summed E-state index contributed by atoms with van der Waals surface area (Å²) in [6, 6.07) is 8.94. The minimum Gasteiger partial charge on any atom is -0.437 e. The summed E-state index contributed by atoms with van der Waals surface area (Å²) in [4.78, 5) is 27.9.